The van der Waals surface area contributed by atoms with E-state index in [0.29, 0.717) is 31.0 Å². The molecule has 0 bridgehead atoms. The summed E-state index contributed by atoms with van der Waals surface area (Å²) < 4.78 is 19.0. The maximum Gasteiger partial charge on any atom is 0.193 e. The fraction of sp³-hybridized carbons (Fsp3) is 0.926. The van der Waals surface area contributed by atoms with Crippen molar-refractivity contribution in [2.24, 2.45) is 23.7 Å². The van der Waals surface area contributed by atoms with E-state index in [0.717, 1.165) is 19.3 Å². The lowest BCUT2D eigenvalue weighted by molar-refractivity contribution is -0.296. The van der Waals surface area contributed by atoms with Gasteiger partial charge in [0.15, 0.2) is 14.1 Å². The molecule has 0 amide bonds. The molecule has 1 N–H and O–H groups in total. The summed E-state index contributed by atoms with van der Waals surface area (Å²) in [5.74, 6) is 8.18. The van der Waals surface area contributed by atoms with Gasteiger partial charge in [-0.1, -0.05) is 64.7 Å². The predicted molar refractivity (Wildman–Crippen MR) is 131 cm³/mol. The normalized spacial score (nSPS) is 34.6. The Labute approximate surface area is 197 Å². The van der Waals surface area contributed by atoms with E-state index in [1.54, 1.807) is 0 Å². The largest absolute Gasteiger partial charge is 0.403 e. The zero-order valence-corrected chi connectivity index (χ0v) is 22.1. The Balaban J connectivity index is 1.53. The Morgan fingerprint density at radius 1 is 0.969 bits per heavy atom. The van der Waals surface area contributed by atoms with E-state index in [9.17, 15) is 5.11 Å². The Morgan fingerprint density at radius 3 is 2.22 bits per heavy atom. The Bertz CT molecular complexity index is 689. The van der Waals surface area contributed by atoms with Gasteiger partial charge in [-0.25, -0.2) is 0 Å². The molecule has 5 atom stereocenters. The lowest BCUT2D eigenvalue weighted by atomic mass is 9.56. The second-order valence-corrected chi connectivity index (χ2v) is 17.1. The number of ether oxygens (including phenoxy) is 2. The SMILES string of the molecule is CC(C)(C)[Si](C)(C)O[C@@H](C#C[C@@H]1[C@H]2CC3(OCCO3)[C@H]2CC[C@H]1O)C1CCCCCCC1. The zero-order valence-electron chi connectivity index (χ0n) is 21.1. The number of rotatable bonds is 3. The van der Waals surface area contributed by atoms with Crippen molar-refractivity contribution in [3.63, 3.8) is 0 Å². The zero-order chi connectivity index (χ0) is 23.0. The second kappa shape index (κ2) is 9.70. The van der Waals surface area contributed by atoms with Gasteiger partial charge in [-0.05, 0) is 55.7 Å². The minimum atomic E-state index is -1.93. The van der Waals surface area contributed by atoms with Gasteiger partial charge in [-0.2, -0.15) is 0 Å². The maximum atomic E-state index is 10.9. The topological polar surface area (TPSA) is 47.9 Å². The molecule has 0 radical (unpaired) electrons. The van der Waals surface area contributed by atoms with Gasteiger partial charge in [0.1, 0.15) is 6.10 Å². The summed E-state index contributed by atoms with van der Waals surface area (Å²) in [4.78, 5) is 0. The predicted octanol–water partition coefficient (Wildman–Crippen LogP) is 5.89. The smallest absolute Gasteiger partial charge is 0.193 e. The van der Waals surface area contributed by atoms with E-state index in [-0.39, 0.29) is 29.0 Å². The monoisotopic (exact) mass is 462 g/mol. The molecule has 5 heteroatoms. The van der Waals surface area contributed by atoms with Gasteiger partial charge in [-0.15, -0.1) is 0 Å². The minimum absolute atomic E-state index is 0.00501. The summed E-state index contributed by atoms with van der Waals surface area (Å²) in [5, 5.41) is 11.0. The molecule has 4 aliphatic rings. The molecule has 1 heterocycles. The van der Waals surface area contributed by atoms with Gasteiger partial charge in [0.2, 0.25) is 0 Å². The Kier molecular flexibility index (Phi) is 7.50. The first-order valence-corrected chi connectivity index (χ1v) is 16.2. The van der Waals surface area contributed by atoms with Gasteiger partial charge in [0.05, 0.1) is 19.3 Å². The van der Waals surface area contributed by atoms with Crippen molar-refractivity contribution in [2.75, 3.05) is 13.2 Å². The molecule has 0 unspecified atom stereocenters. The first-order valence-electron chi connectivity index (χ1n) is 13.3. The van der Waals surface area contributed by atoms with Gasteiger partial charge in [-0.3, -0.25) is 0 Å². The van der Waals surface area contributed by atoms with Crippen LogP contribution in [0, 0.1) is 35.5 Å². The van der Waals surface area contributed by atoms with Gasteiger partial charge in [0, 0.05) is 18.3 Å². The molecule has 32 heavy (non-hydrogen) atoms. The summed E-state index contributed by atoms with van der Waals surface area (Å²) in [5.41, 5.74) is 0. The first kappa shape index (κ1) is 24.7. The van der Waals surface area contributed by atoms with Gasteiger partial charge in [0.25, 0.3) is 0 Å². The fourth-order valence-corrected chi connectivity index (χ4v) is 7.37. The van der Waals surface area contributed by atoms with Gasteiger partial charge >= 0.3 is 0 Å². The van der Waals surface area contributed by atoms with Crippen LogP contribution in [0.1, 0.15) is 85.0 Å². The van der Waals surface area contributed by atoms with E-state index in [1.807, 2.05) is 0 Å². The standard InChI is InChI=1S/C27H46O4Si/c1-26(2,3)32(4,5)31-25(20-11-9-7-6-8-10-12-20)16-13-21-22-19-27(29-17-18-30-27)23(22)14-15-24(21)28/h20-25,28H,6-12,14-15,17-19H2,1-5H3/t21-,22-,23+,24-,25+/m1/s1. The molecule has 1 saturated heterocycles. The van der Waals surface area contributed by atoms with E-state index in [2.05, 4.69) is 45.7 Å². The third-order valence-corrected chi connectivity index (χ3v) is 13.7. The summed E-state index contributed by atoms with van der Waals surface area (Å²) in [6.45, 7) is 13.0. The molecule has 4 rings (SSSR count). The molecule has 3 aliphatic carbocycles. The average Bonchev–Trinajstić information content (AvgIpc) is 3.17. The highest BCUT2D eigenvalue weighted by Gasteiger charge is 2.62. The molecular weight excluding hydrogens is 416 g/mol. The Morgan fingerprint density at radius 2 is 1.59 bits per heavy atom. The number of hydrogen-bond donors (Lipinski definition) is 1. The van der Waals surface area contributed by atoms with Crippen LogP contribution >= 0.6 is 0 Å². The number of fused-ring (bicyclic) bond motifs is 2. The molecule has 3 saturated carbocycles. The summed E-state index contributed by atoms with van der Waals surface area (Å²) in [7, 11) is -1.93. The van der Waals surface area contributed by atoms with Gasteiger partial charge < -0.3 is 19.0 Å². The van der Waals surface area contributed by atoms with Crippen LogP contribution in [0.2, 0.25) is 18.1 Å². The van der Waals surface area contributed by atoms with Crippen molar-refractivity contribution >= 4 is 8.32 Å². The lowest BCUT2D eigenvalue weighted by Crippen LogP contribution is -2.60. The van der Waals surface area contributed by atoms with Crippen molar-refractivity contribution in [3.05, 3.63) is 0 Å². The number of aliphatic hydroxyl groups is 1. The van der Waals surface area contributed by atoms with E-state index in [1.165, 1.54) is 44.9 Å². The van der Waals surface area contributed by atoms with E-state index < -0.39 is 8.32 Å². The molecule has 182 valence electrons. The van der Waals surface area contributed by atoms with Crippen molar-refractivity contribution in [1.29, 1.82) is 0 Å². The highest BCUT2D eigenvalue weighted by molar-refractivity contribution is 6.74. The van der Waals surface area contributed by atoms with Crippen LogP contribution in [0.4, 0.5) is 0 Å². The van der Waals surface area contributed by atoms with E-state index in [4.69, 9.17) is 13.9 Å². The average molecular weight is 463 g/mol. The van der Waals surface area contributed by atoms with Crippen LogP contribution in [0.15, 0.2) is 0 Å². The summed E-state index contributed by atoms with van der Waals surface area (Å²) >= 11 is 0. The van der Waals surface area contributed by atoms with Crippen molar-refractivity contribution in [1.82, 2.24) is 0 Å². The maximum absolute atomic E-state index is 10.9. The van der Waals surface area contributed by atoms with Crippen molar-refractivity contribution in [3.8, 4) is 11.8 Å². The highest BCUT2D eigenvalue weighted by Crippen LogP contribution is 2.57. The second-order valence-electron chi connectivity index (χ2n) is 12.3. The molecule has 4 nitrogen and oxygen atoms in total. The van der Waals surface area contributed by atoms with Crippen LogP contribution in [0.25, 0.3) is 0 Å². The van der Waals surface area contributed by atoms with Crippen LogP contribution in [0.5, 0.6) is 0 Å². The third-order valence-electron chi connectivity index (χ3n) is 9.23. The quantitative estimate of drug-likeness (QED) is 0.419. The molecule has 4 fully saturated rings. The molecule has 0 aromatic rings. The van der Waals surface area contributed by atoms with Crippen LogP contribution in [-0.4, -0.2) is 44.6 Å². The van der Waals surface area contributed by atoms with E-state index >= 15 is 0 Å². The van der Waals surface area contributed by atoms with Crippen LogP contribution in [-0.2, 0) is 13.9 Å². The fourth-order valence-electron chi connectivity index (χ4n) is 6.13. The van der Waals surface area contributed by atoms with Crippen molar-refractivity contribution in [2.45, 2.75) is 121 Å². The molecular formula is C27H46O4Si. The third kappa shape index (κ3) is 5.00. The minimum Gasteiger partial charge on any atom is -0.403 e. The summed E-state index contributed by atoms with van der Waals surface area (Å²) in [6, 6.07) is 0. The number of hydrogen-bond acceptors (Lipinski definition) is 4. The first-order chi connectivity index (χ1) is 15.1. The molecule has 1 spiro atoms. The molecule has 0 aromatic heterocycles. The number of aliphatic hydroxyl groups excluding tert-OH is 1. The highest BCUT2D eigenvalue weighted by atomic mass is 28.4. The molecule has 1 aliphatic heterocycles. The summed E-state index contributed by atoms with van der Waals surface area (Å²) in [6.07, 6.45) is 11.4. The lowest BCUT2D eigenvalue weighted by Gasteiger charge is -2.56. The van der Waals surface area contributed by atoms with Crippen LogP contribution < -0.4 is 0 Å². The van der Waals surface area contributed by atoms with Crippen LogP contribution in [0.3, 0.4) is 0 Å². The van der Waals surface area contributed by atoms with Crippen molar-refractivity contribution < 1.29 is 19.0 Å². The Hall–Kier alpha value is -0.383. The molecule has 0 aromatic carbocycles.